The van der Waals surface area contributed by atoms with Gasteiger partial charge in [0, 0.05) is 17.8 Å². The van der Waals surface area contributed by atoms with Crippen molar-refractivity contribution in [2.75, 3.05) is 12.4 Å². The van der Waals surface area contributed by atoms with Crippen molar-refractivity contribution in [3.63, 3.8) is 0 Å². The summed E-state index contributed by atoms with van der Waals surface area (Å²) >= 11 is 0. The lowest BCUT2D eigenvalue weighted by Gasteiger charge is -2.36. The van der Waals surface area contributed by atoms with Gasteiger partial charge in [-0.3, -0.25) is 0 Å². The van der Waals surface area contributed by atoms with E-state index in [0.29, 0.717) is 12.1 Å². The minimum absolute atomic E-state index is 0. The number of hydrogen-bond donors (Lipinski definition) is 1. The molecule has 1 aromatic rings. The molecule has 2 heterocycles. The Bertz CT molecular complexity index is 483. The van der Waals surface area contributed by atoms with Gasteiger partial charge >= 0.3 is 5.97 Å². The number of carbonyl (C=O) groups excluding carboxylic acids is 1. The van der Waals surface area contributed by atoms with Gasteiger partial charge in [0.15, 0.2) is 0 Å². The molecule has 2 fully saturated rings. The SMILES string of the molecule is CC(Nc1ccccc1)C(=O)OC1CC2CCC(C1)N2C.Cl. The molecule has 3 atom stereocenters. The molecule has 2 saturated heterocycles. The van der Waals surface area contributed by atoms with Crippen LogP contribution in [0.25, 0.3) is 0 Å². The van der Waals surface area contributed by atoms with E-state index < -0.39 is 0 Å². The predicted octanol–water partition coefficient (Wildman–Crippen LogP) is 3.08. The van der Waals surface area contributed by atoms with Gasteiger partial charge < -0.3 is 15.0 Å². The van der Waals surface area contributed by atoms with Crippen LogP contribution in [0, 0.1) is 0 Å². The van der Waals surface area contributed by atoms with Crippen molar-refractivity contribution in [2.45, 2.75) is 56.8 Å². The first-order valence-electron chi connectivity index (χ1n) is 7.87. The zero-order valence-corrected chi connectivity index (χ0v) is 14.0. The molecule has 3 rings (SSSR count). The molecule has 0 aliphatic carbocycles. The number of piperidine rings is 1. The number of halogens is 1. The average Bonchev–Trinajstić information content (AvgIpc) is 2.71. The highest BCUT2D eigenvalue weighted by Crippen LogP contribution is 2.35. The van der Waals surface area contributed by atoms with Gasteiger partial charge in [0.25, 0.3) is 0 Å². The smallest absolute Gasteiger partial charge is 0.328 e. The van der Waals surface area contributed by atoms with Crippen molar-refractivity contribution in [3.8, 4) is 0 Å². The first kappa shape index (κ1) is 17.1. The number of para-hydroxylation sites is 1. The van der Waals surface area contributed by atoms with Gasteiger partial charge in [0.2, 0.25) is 0 Å². The minimum Gasteiger partial charge on any atom is -0.461 e. The van der Waals surface area contributed by atoms with E-state index in [1.165, 1.54) is 12.8 Å². The van der Waals surface area contributed by atoms with Gasteiger partial charge in [0.05, 0.1) is 0 Å². The molecule has 2 aliphatic heterocycles. The number of ether oxygens (including phenoxy) is 1. The lowest BCUT2D eigenvalue weighted by molar-refractivity contribution is -0.152. The Morgan fingerprint density at radius 2 is 1.82 bits per heavy atom. The number of hydrogen-bond acceptors (Lipinski definition) is 4. The summed E-state index contributed by atoms with van der Waals surface area (Å²) in [7, 11) is 2.19. The molecule has 0 amide bonds. The summed E-state index contributed by atoms with van der Waals surface area (Å²) in [5.41, 5.74) is 0.949. The maximum Gasteiger partial charge on any atom is 0.328 e. The largest absolute Gasteiger partial charge is 0.461 e. The van der Waals surface area contributed by atoms with Crippen molar-refractivity contribution in [3.05, 3.63) is 30.3 Å². The fourth-order valence-electron chi connectivity index (χ4n) is 3.57. The minimum atomic E-state index is -0.315. The summed E-state index contributed by atoms with van der Waals surface area (Å²) < 4.78 is 5.73. The van der Waals surface area contributed by atoms with Crippen LogP contribution >= 0.6 is 12.4 Å². The average molecular weight is 325 g/mol. The van der Waals surface area contributed by atoms with Crippen LogP contribution in [0.1, 0.15) is 32.6 Å². The van der Waals surface area contributed by atoms with E-state index in [1.54, 1.807) is 0 Å². The number of carbonyl (C=O) groups is 1. The summed E-state index contributed by atoms with van der Waals surface area (Å²) in [5, 5.41) is 3.19. The lowest BCUT2D eigenvalue weighted by Crippen LogP contribution is -2.44. The van der Waals surface area contributed by atoms with Gasteiger partial charge in [0.1, 0.15) is 12.1 Å². The Morgan fingerprint density at radius 1 is 1.23 bits per heavy atom. The fraction of sp³-hybridized carbons (Fsp3) is 0.588. The third-order valence-corrected chi connectivity index (χ3v) is 4.85. The van der Waals surface area contributed by atoms with Gasteiger partial charge in [-0.25, -0.2) is 4.79 Å². The number of esters is 1. The van der Waals surface area contributed by atoms with Crippen LogP contribution in [0.5, 0.6) is 0 Å². The summed E-state index contributed by atoms with van der Waals surface area (Å²) in [6.07, 6.45) is 4.54. The summed E-state index contributed by atoms with van der Waals surface area (Å²) in [6.45, 7) is 1.86. The van der Waals surface area contributed by atoms with Crippen LogP contribution in [0.4, 0.5) is 5.69 Å². The predicted molar refractivity (Wildman–Crippen MR) is 90.5 cm³/mol. The fourth-order valence-corrected chi connectivity index (χ4v) is 3.57. The Balaban J connectivity index is 0.00000176. The van der Waals surface area contributed by atoms with Crippen molar-refractivity contribution < 1.29 is 9.53 Å². The molecule has 0 saturated carbocycles. The molecule has 5 heteroatoms. The molecule has 2 aliphatic rings. The van der Waals surface area contributed by atoms with E-state index in [9.17, 15) is 4.79 Å². The van der Waals surface area contributed by atoms with E-state index in [1.807, 2.05) is 37.3 Å². The second-order valence-electron chi connectivity index (χ2n) is 6.31. The van der Waals surface area contributed by atoms with E-state index in [2.05, 4.69) is 17.3 Å². The number of benzene rings is 1. The molecular weight excluding hydrogens is 300 g/mol. The molecule has 22 heavy (non-hydrogen) atoms. The van der Waals surface area contributed by atoms with E-state index in [4.69, 9.17) is 4.74 Å². The van der Waals surface area contributed by atoms with Crippen LogP contribution in [-0.4, -0.2) is 42.1 Å². The first-order chi connectivity index (χ1) is 10.1. The van der Waals surface area contributed by atoms with Crippen molar-refractivity contribution in [1.82, 2.24) is 4.90 Å². The molecule has 2 bridgehead atoms. The highest BCUT2D eigenvalue weighted by atomic mass is 35.5. The van der Waals surface area contributed by atoms with Crippen LogP contribution in [0.15, 0.2) is 30.3 Å². The molecule has 0 spiro atoms. The Hall–Kier alpha value is -1.26. The molecule has 122 valence electrons. The van der Waals surface area contributed by atoms with Gasteiger partial charge in [-0.1, -0.05) is 18.2 Å². The summed E-state index contributed by atoms with van der Waals surface area (Å²) in [6, 6.07) is 10.7. The number of anilines is 1. The number of nitrogens with one attached hydrogen (secondary N) is 1. The number of fused-ring (bicyclic) bond motifs is 2. The van der Waals surface area contributed by atoms with Crippen molar-refractivity contribution >= 4 is 24.1 Å². The van der Waals surface area contributed by atoms with Gasteiger partial charge in [-0.2, -0.15) is 0 Å². The molecule has 1 aromatic carbocycles. The van der Waals surface area contributed by atoms with Crippen molar-refractivity contribution in [2.24, 2.45) is 0 Å². The van der Waals surface area contributed by atoms with E-state index >= 15 is 0 Å². The van der Waals surface area contributed by atoms with Gasteiger partial charge in [-0.15, -0.1) is 12.4 Å². The maximum atomic E-state index is 12.2. The Labute approximate surface area is 138 Å². The van der Waals surface area contributed by atoms with Crippen LogP contribution in [0.3, 0.4) is 0 Å². The number of rotatable bonds is 4. The molecule has 0 aromatic heterocycles. The summed E-state index contributed by atoms with van der Waals surface area (Å²) in [4.78, 5) is 14.7. The zero-order valence-electron chi connectivity index (χ0n) is 13.2. The Kier molecular flexibility index (Phi) is 5.70. The molecular formula is C17H25ClN2O2. The highest BCUT2D eigenvalue weighted by Gasteiger charge is 2.40. The maximum absolute atomic E-state index is 12.2. The summed E-state index contributed by atoms with van der Waals surface area (Å²) in [5.74, 6) is -0.146. The quantitative estimate of drug-likeness (QED) is 0.864. The monoisotopic (exact) mass is 324 g/mol. The molecule has 3 unspecified atom stereocenters. The van der Waals surface area contributed by atoms with Gasteiger partial charge in [-0.05, 0) is 51.8 Å². The topological polar surface area (TPSA) is 41.6 Å². The number of nitrogens with zero attached hydrogens (tertiary/aromatic N) is 1. The second kappa shape index (κ2) is 7.34. The molecule has 0 radical (unpaired) electrons. The zero-order chi connectivity index (χ0) is 14.8. The van der Waals surface area contributed by atoms with Crippen molar-refractivity contribution in [1.29, 1.82) is 0 Å². The normalized spacial score (nSPS) is 28.5. The van der Waals surface area contributed by atoms with Crippen LogP contribution in [0.2, 0.25) is 0 Å². The van der Waals surface area contributed by atoms with Crippen LogP contribution < -0.4 is 5.32 Å². The first-order valence-corrected chi connectivity index (χ1v) is 7.87. The second-order valence-corrected chi connectivity index (χ2v) is 6.31. The van der Waals surface area contributed by atoms with Crippen LogP contribution in [-0.2, 0) is 9.53 Å². The van der Waals surface area contributed by atoms with E-state index in [-0.39, 0.29) is 30.5 Å². The third-order valence-electron chi connectivity index (χ3n) is 4.85. The van der Waals surface area contributed by atoms with E-state index in [0.717, 1.165) is 18.5 Å². The molecule has 4 nitrogen and oxygen atoms in total. The lowest BCUT2D eigenvalue weighted by atomic mass is 10.0. The highest BCUT2D eigenvalue weighted by molar-refractivity contribution is 5.85. The molecule has 1 N–H and O–H groups in total. The Morgan fingerprint density at radius 3 is 2.41 bits per heavy atom. The standard InChI is InChI=1S/C17H24N2O2.ClH/c1-12(18-13-6-4-3-5-7-13)17(20)21-16-10-14-8-9-15(11-16)19(14)2;/h3-7,12,14-16,18H,8-11H2,1-2H3;1H. The third kappa shape index (κ3) is 3.73.